The lowest BCUT2D eigenvalue weighted by atomic mass is 10.2. The topological polar surface area (TPSA) is 101 Å². The van der Waals surface area contributed by atoms with Crippen molar-refractivity contribution in [2.45, 2.75) is 45.6 Å². The van der Waals surface area contributed by atoms with Gasteiger partial charge < -0.3 is 10.0 Å². The van der Waals surface area contributed by atoms with Crippen LogP contribution in [0.1, 0.15) is 50.1 Å². The molecule has 1 amide bonds. The number of amides is 1. The fourth-order valence-corrected chi connectivity index (χ4v) is 4.90. The number of carboxylic acid groups (broad SMARTS) is 1. The summed E-state index contributed by atoms with van der Waals surface area (Å²) < 4.78 is 2.65. The summed E-state index contributed by atoms with van der Waals surface area (Å²) in [6.45, 7) is 3.64. The molecule has 0 aliphatic heterocycles. The van der Waals surface area contributed by atoms with Crippen LogP contribution < -0.4 is 0 Å². The van der Waals surface area contributed by atoms with Gasteiger partial charge in [-0.15, -0.1) is 16.4 Å². The van der Waals surface area contributed by atoms with E-state index >= 15 is 0 Å². The highest BCUT2D eigenvalue weighted by Crippen LogP contribution is 2.27. The van der Waals surface area contributed by atoms with E-state index < -0.39 is 11.9 Å². The molecule has 0 atom stereocenters. The summed E-state index contributed by atoms with van der Waals surface area (Å²) in [4.78, 5) is 35.2. The molecular formula is C25H27N5O3S. The Morgan fingerprint density at radius 3 is 2.56 bits per heavy atom. The van der Waals surface area contributed by atoms with Gasteiger partial charge in [-0.05, 0) is 31.0 Å². The Morgan fingerprint density at radius 2 is 1.85 bits per heavy atom. The predicted octanol–water partition coefficient (Wildman–Crippen LogP) is 5.04. The van der Waals surface area contributed by atoms with Crippen LogP contribution in [-0.4, -0.2) is 54.2 Å². The van der Waals surface area contributed by atoms with Gasteiger partial charge in [0.05, 0.1) is 21.4 Å². The zero-order chi connectivity index (χ0) is 24.1. The van der Waals surface area contributed by atoms with E-state index in [9.17, 15) is 14.7 Å². The first kappa shape index (κ1) is 23.6. The number of carbonyl (C=O) groups is 2. The monoisotopic (exact) mass is 477 g/mol. The summed E-state index contributed by atoms with van der Waals surface area (Å²) in [7, 11) is 0. The Morgan fingerprint density at radius 1 is 1.12 bits per heavy atom. The van der Waals surface area contributed by atoms with Crippen LogP contribution in [0.25, 0.3) is 27.3 Å². The summed E-state index contributed by atoms with van der Waals surface area (Å²) in [6.07, 6.45) is 3.57. The second-order valence-electron chi connectivity index (χ2n) is 7.81. The molecule has 2 aromatic heterocycles. The number of hydrogen-bond donors (Lipinski definition) is 1. The van der Waals surface area contributed by atoms with E-state index in [4.69, 9.17) is 0 Å². The third-order valence-electron chi connectivity index (χ3n) is 5.72. The molecule has 0 radical (unpaired) electrons. The average molecular weight is 478 g/mol. The van der Waals surface area contributed by atoms with Gasteiger partial charge in [0.15, 0.2) is 5.82 Å². The fraction of sp³-hybridized carbons (Fsp3) is 0.320. The van der Waals surface area contributed by atoms with Crippen LogP contribution in [0.15, 0.2) is 54.0 Å². The maximum absolute atomic E-state index is 13.4. The zero-order valence-electron chi connectivity index (χ0n) is 19.2. The maximum Gasteiger partial charge on any atom is 0.323 e. The highest BCUT2D eigenvalue weighted by atomic mass is 32.1. The zero-order valence-corrected chi connectivity index (χ0v) is 20.0. The minimum absolute atomic E-state index is 0.00130. The Bertz CT molecular complexity index is 1280. The van der Waals surface area contributed by atoms with Gasteiger partial charge >= 0.3 is 5.97 Å². The van der Waals surface area contributed by atoms with E-state index in [0.29, 0.717) is 5.82 Å². The molecule has 1 aliphatic carbocycles. The van der Waals surface area contributed by atoms with Crippen molar-refractivity contribution in [2.24, 2.45) is 0 Å². The molecule has 1 N–H and O–H groups in total. The van der Waals surface area contributed by atoms with E-state index in [2.05, 4.69) is 15.1 Å². The average Bonchev–Trinajstić information content (AvgIpc) is 3.64. The molecule has 8 nitrogen and oxygen atoms in total. The normalized spacial score (nSPS) is 13.5. The van der Waals surface area contributed by atoms with Gasteiger partial charge in [0.25, 0.3) is 5.91 Å². The van der Waals surface area contributed by atoms with Crippen LogP contribution in [0.5, 0.6) is 0 Å². The molecule has 5 rings (SSSR count). The molecule has 2 heterocycles. The minimum atomic E-state index is -1.04. The van der Waals surface area contributed by atoms with Crippen LogP contribution in [0, 0.1) is 0 Å². The van der Waals surface area contributed by atoms with E-state index in [-0.39, 0.29) is 18.4 Å². The van der Waals surface area contributed by atoms with Crippen molar-refractivity contribution in [3.63, 3.8) is 0 Å². The maximum atomic E-state index is 13.4. The number of thiazole rings is 1. The molecule has 0 unspecified atom stereocenters. The van der Waals surface area contributed by atoms with Gasteiger partial charge in [0.2, 0.25) is 5.82 Å². The predicted molar refractivity (Wildman–Crippen MR) is 132 cm³/mol. The lowest BCUT2D eigenvalue weighted by Crippen LogP contribution is -2.42. The third-order valence-corrected chi connectivity index (χ3v) is 6.51. The molecule has 0 saturated heterocycles. The molecule has 34 heavy (non-hydrogen) atoms. The van der Waals surface area contributed by atoms with Crippen LogP contribution in [0.4, 0.5) is 0 Å². The summed E-state index contributed by atoms with van der Waals surface area (Å²) in [5, 5.41) is 13.9. The fourth-order valence-electron chi connectivity index (χ4n) is 4.19. The molecule has 0 spiro atoms. The number of benzene rings is 2. The number of fused-ring (bicyclic) bond motifs is 1. The molecule has 9 heteroatoms. The van der Waals surface area contributed by atoms with E-state index in [1.165, 1.54) is 16.2 Å². The summed E-state index contributed by atoms with van der Waals surface area (Å²) in [5.41, 5.74) is 4.26. The molecule has 1 fully saturated rings. The second kappa shape index (κ2) is 10.6. The third kappa shape index (κ3) is 4.84. The van der Waals surface area contributed by atoms with Crippen LogP contribution in [0.3, 0.4) is 0 Å². The highest BCUT2D eigenvalue weighted by Gasteiger charge is 2.32. The molecule has 0 bridgehead atoms. The van der Waals surface area contributed by atoms with Crippen LogP contribution >= 0.6 is 11.3 Å². The van der Waals surface area contributed by atoms with E-state index in [0.717, 1.165) is 47.2 Å². The lowest BCUT2D eigenvalue weighted by molar-refractivity contribution is -0.138. The van der Waals surface area contributed by atoms with Gasteiger partial charge in [-0.3, -0.25) is 9.59 Å². The number of rotatable bonds is 6. The first-order valence-electron chi connectivity index (χ1n) is 11.5. The number of aromatic nitrogens is 4. The summed E-state index contributed by atoms with van der Waals surface area (Å²) >= 11 is 1.53. The van der Waals surface area contributed by atoms with Crippen LogP contribution in [-0.2, 0) is 4.79 Å². The Hall–Kier alpha value is -3.59. The van der Waals surface area contributed by atoms with Gasteiger partial charge in [0, 0.05) is 11.6 Å². The SMILES string of the molecule is CC.O=C(O)CN(C(=O)c1nc(-c2ccccc2)n(-c2ccc3ncsc3c2)n1)C1CCCC1. The number of hydrogen-bond acceptors (Lipinski definition) is 6. The number of aliphatic carboxylic acids is 1. The smallest absolute Gasteiger partial charge is 0.323 e. The Kier molecular flexibility index (Phi) is 7.32. The van der Waals surface area contributed by atoms with Gasteiger partial charge in [0.1, 0.15) is 6.54 Å². The van der Waals surface area contributed by atoms with Crippen LogP contribution in [0.2, 0.25) is 0 Å². The van der Waals surface area contributed by atoms with Gasteiger partial charge in [-0.2, -0.15) is 0 Å². The van der Waals surface area contributed by atoms with E-state index in [1.807, 2.05) is 62.4 Å². The van der Waals surface area contributed by atoms with Crippen molar-refractivity contribution in [2.75, 3.05) is 6.54 Å². The standard InChI is InChI=1S/C23H21N5O3S.C2H6/c29-20(30)13-27(16-8-4-5-9-16)23(31)21-25-22(15-6-2-1-3-7-15)28(26-21)17-10-11-18-19(12-17)32-14-24-18;1-2/h1-3,6-7,10-12,14,16H,4-5,8-9,13H2,(H,29,30);1-2H3. The van der Waals surface area contributed by atoms with Crippen molar-refractivity contribution in [1.29, 1.82) is 0 Å². The number of nitrogens with zero attached hydrogens (tertiary/aromatic N) is 5. The number of carbonyl (C=O) groups excluding carboxylic acids is 1. The Balaban J connectivity index is 0.00000133. The van der Waals surface area contributed by atoms with Crippen molar-refractivity contribution >= 4 is 33.4 Å². The quantitative estimate of drug-likeness (QED) is 0.417. The van der Waals surface area contributed by atoms with E-state index in [1.54, 1.807) is 10.2 Å². The molecule has 4 aromatic rings. The molecule has 2 aromatic carbocycles. The minimum Gasteiger partial charge on any atom is -0.480 e. The van der Waals surface area contributed by atoms with Crippen molar-refractivity contribution in [3.05, 3.63) is 59.9 Å². The first-order valence-corrected chi connectivity index (χ1v) is 12.4. The lowest BCUT2D eigenvalue weighted by Gasteiger charge is -2.26. The molecule has 176 valence electrons. The summed E-state index contributed by atoms with van der Waals surface area (Å²) in [5.74, 6) is -0.960. The number of carboxylic acids is 1. The molecular weight excluding hydrogens is 450 g/mol. The summed E-state index contributed by atoms with van der Waals surface area (Å²) in [6, 6.07) is 15.2. The van der Waals surface area contributed by atoms with Crippen molar-refractivity contribution in [3.8, 4) is 17.1 Å². The largest absolute Gasteiger partial charge is 0.480 e. The highest BCUT2D eigenvalue weighted by molar-refractivity contribution is 7.16. The van der Waals surface area contributed by atoms with Crippen molar-refractivity contribution < 1.29 is 14.7 Å². The Labute approximate surface area is 201 Å². The molecule has 1 aliphatic rings. The first-order chi connectivity index (χ1) is 16.6. The molecule has 1 saturated carbocycles. The van der Waals surface area contributed by atoms with Crippen molar-refractivity contribution in [1.82, 2.24) is 24.6 Å². The second-order valence-corrected chi connectivity index (χ2v) is 8.69. The van der Waals surface area contributed by atoms with Gasteiger partial charge in [-0.25, -0.2) is 14.6 Å². The van der Waals surface area contributed by atoms with Gasteiger partial charge in [-0.1, -0.05) is 57.0 Å².